The quantitative estimate of drug-likeness (QED) is 0.596. The lowest BCUT2D eigenvalue weighted by Crippen LogP contribution is -2.45. The van der Waals surface area contributed by atoms with Gasteiger partial charge in [0.05, 0.1) is 22.2 Å². The van der Waals surface area contributed by atoms with Crippen LogP contribution in [0.15, 0.2) is 41.2 Å². The minimum absolute atomic E-state index is 0.0657. The summed E-state index contributed by atoms with van der Waals surface area (Å²) in [6, 6.07) is 9.05. The highest BCUT2D eigenvalue weighted by atomic mass is 35.5. The van der Waals surface area contributed by atoms with Crippen LogP contribution in [0.2, 0.25) is 5.02 Å². The number of fused-ring (bicyclic) bond motifs is 1. The lowest BCUT2D eigenvalue weighted by Gasteiger charge is -2.29. The molecule has 0 unspecified atom stereocenters. The monoisotopic (exact) mass is 467 g/mol. The van der Waals surface area contributed by atoms with Gasteiger partial charge in [0.25, 0.3) is 0 Å². The second-order valence-electron chi connectivity index (χ2n) is 6.95. The fraction of sp³-hybridized carbons (Fsp3) is 0.300. The molecule has 2 aromatic carbocycles. The molecule has 3 aromatic rings. The van der Waals surface area contributed by atoms with Crippen LogP contribution in [0.25, 0.3) is 10.2 Å². The maximum Gasteiger partial charge on any atom is 0.308 e. The molecule has 0 aliphatic carbocycles. The maximum absolute atomic E-state index is 12.9. The van der Waals surface area contributed by atoms with E-state index in [1.807, 2.05) is 6.92 Å². The van der Waals surface area contributed by atoms with Crippen molar-refractivity contribution in [2.45, 2.75) is 33.4 Å². The molecule has 0 saturated carbocycles. The van der Waals surface area contributed by atoms with E-state index in [0.29, 0.717) is 28.5 Å². The van der Waals surface area contributed by atoms with E-state index in [-0.39, 0.29) is 4.87 Å². The van der Waals surface area contributed by atoms with E-state index in [2.05, 4.69) is 5.32 Å². The Morgan fingerprint density at radius 1 is 1.27 bits per heavy atom. The number of carbonyl (C=O) groups excluding carboxylic acids is 1. The van der Waals surface area contributed by atoms with Crippen molar-refractivity contribution in [1.29, 1.82) is 0 Å². The van der Waals surface area contributed by atoms with Crippen molar-refractivity contribution in [2.24, 2.45) is 0 Å². The van der Waals surface area contributed by atoms with Gasteiger partial charge in [0.1, 0.15) is 6.04 Å². The van der Waals surface area contributed by atoms with Gasteiger partial charge in [-0.05, 0) is 56.7 Å². The Morgan fingerprint density at radius 2 is 1.97 bits per heavy atom. The summed E-state index contributed by atoms with van der Waals surface area (Å²) in [6.45, 7) is 5.72. The third-order valence-electron chi connectivity index (χ3n) is 4.75. The zero-order valence-electron chi connectivity index (χ0n) is 17.0. The number of carbonyl (C=O) groups is 1. The SMILES string of the molecule is CCn1c(=O)sc2cc(NC(=O)[C@@H](C)N(c3cc(Cl)ccc3C)S(C)(=O)=O)ccc21. The molecule has 30 heavy (non-hydrogen) atoms. The predicted octanol–water partition coefficient (Wildman–Crippen LogP) is 3.84. The Hall–Kier alpha value is -2.36. The zero-order chi connectivity index (χ0) is 22.2. The molecule has 160 valence electrons. The lowest BCUT2D eigenvalue weighted by atomic mass is 10.1. The molecule has 0 aliphatic heterocycles. The average molecular weight is 468 g/mol. The predicted molar refractivity (Wildman–Crippen MR) is 123 cm³/mol. The first kappa shape index (κ1) is 22.3. The van der Waals surface area contributed by atoms with Gasteiger partial charge in [0.15, 0.2) is 0 Å². The third-order valence-corrected chi connectivity index (χ3v) is 7.15. The molecule has 1 amide bonds. The van der Waals surface area contributed by atoms with Crippen LogP contribution < -0.4 is 14.5 Å². The van der Waals surface area contributed by atoms with Gasteiger partial charge in [-0.2, -0.15) is 0 Å². The molecule has 1 heterocycles. The molecule has 0 radical (unpaired) electrons. The average Bonchev–Trinajstić information content (AvgIpc) is 2.97. The highest BCUT2D eigenvalue weighted by Crippen LogP contribution is 2.29. The number of nitrogens with zero attached hydrogens (tertiary/aromatic N) is 2. The number of amides is 1. The van der Waals surface area contributed by atoms with Gasteiger partial charge in [-0.1, -0.05) is 29.0 Å². The van der Waals surface area contributed by atoms with Crippen LogP contribution in [0.3, 0.4) is 0 Å². The molecule has 1 atom stereocenters. The van der Waals surface area contributed by atoms with Gasteiger partial charge < -0.3 is 5.32 Å². The fourth-order valence-corrected chi connectivity index (χ4v) is 5.68. The minimum Gasteiger partial charge on any atom is -0.324 e. The maximum atomic E-state index is 12.9. The number of aromatic nitrogens is 1. The first-order valence-corrected chi connectivity index (χ1v) is 12.3. The number of hydrogen-bond acceptors (Lipinski definition) is 5. The number of rotatable bonds is 6. The summed E-state index contributed by atoms with van der Waals surface area (Å²) in [5.41, 5.74) is 2.31. The molecule has 0 spiro atoms. The standard InChI is InChI=1S/C20H22ClN3O4S2/c1-5-23-16-9-8-15(11-18(16)29-20(23)26)22-19(25)13(3)24(30(4,27)28)17-10-14(21)7-6-12(17)2/h6-11,13H,5H2,1-4H3,(H,22,25)/t13-/m1/s1. The lowest BCUT2D eigenvalue weighted by molar-refractivity contribution is -0.116. The van der Waals surface area contributed by atoms with Gasteiger partial charge in [-0.15, -0.1) is 0 Å². The number of hydrogen-bond donors (Lipinski definition) is 1. The minimum atomic E-state index is -3.76. The second-order valence-corrected chi connectivity index (χ2v) is 10.2. The summed E-state index contributed by atoms with van der Waals surface area (Å²) in [7, 11) is -3.76. The Morgan fingerprint density at radius 3 is 2.60 bits per heavy atom. The summed E-state index contributed by atoms with van der Waals surface area (Å²) in [4.78, 5) is 24.9. The van der Waals surface area contributed by atoms with E-state index in [0.717, 1.165) is 32.1 Å². The molecule has 10 heteroatoms. The third kappa shape index (κ3) is 4.38. The van der Waals surface area contributed by atoms with E-state index in [9.17, 15) is 18.0 Å². The number of anilines is 2. The van der Waals surface area contributed by atoms with Crippen LogP contribution in [-0.4, -0.2) is 31.2 Å². The fourth-order valence-electron chi connectivity index (χ4n) is 3.29. The molecule has 0 fully saturated rings. The van der Waals surface area contributed by atoms with E-state index in [4.69, 9.17) is 11.6 Å². The van der Waals surface area contributed by atoms with Gasteiger partial charge in [0, 0.05) is 17.3 Å². The van der Waals surface area contributed by atoms with E-state index < -0.39 is 22.0 Å². The van der Waals surface area contributed by atoms with Crippen LogP contribution in [0.4, 0.5) is 11.4 Å². The van der Waals surface area contributed by atoms with Gasteiger partial charge in [0.2, 0.25) is 15.9 Å². The molecule has 0 saturated heterocycles. The van der Waals surface area contributed by atoms with Crippen molar-refractivity contribution in [2.75, 3.05) is 15.9 Å². The van der Waals surface area contributed by atoms with Gasteiger partial charge >= 0.3 is 4.87 Å². The topological polar surface area (TPSA) is 88.5 Å². The van der Waals surface area contributed by atoms with Crippen molar-refractivity contribution >= 4 is 60.5 Å². The van der Waals surface area contributed by atoms with Crippen molar-refractivity contribution < 1.29 is 13.2 Å². The highest BCUT2D eigenvalue weighted by Gasteiger charge is 2.30. The largest absolute Gasteiger partial charge is 0.324 e. The Kier molecular flexibility index (Phi) is 6.26. The van der Waals surface area contributed by atoms with Crippen LogP contribution in [0.1, 0.15) is 19.4 Å². The summed E-state index contributed by atoms with van der Waals surface area (Å²) in [6.07, 6.45) is 1.05. The second kappa shape index (κ2) is 8.41. The van der Waals surface area contributed by atoms with E-state index >= 15 is 0 Å². The number of aryl methyl sites for hydroxylation is 2. The van der Waals surface area contributed by atoms with Gasteiger partial charge in [-0.25, -0.2) is 8.42 Å². The summed E-state index contributed by atoms with van der Waals surface area (Å²) in [5, 5.41) is 3.13. The van der Waals surface area contributed by atoms with Crippen LogP contribution >= 0.6 is 22.9 Å². The molecule has 0 aliphatic rings. The molecule has 1 aromatic heterocycles. The number of benzene rings is 2. The van der Waals surface area contributed by atoms with Crippen LogP contribution in [0, 0.1) is 6.92 Å². The molecule has 1 N–H and O–H groups in total. The molecule has 0 bridgehead atoms. The van der Waals surface area contributed by atoms with Gasteiger partial charge in [-0.3, -0.25) is 18.5 Å². The first-order chi connectivity index (χ1) is 14.0. The summed E-state index contributed by atoms with van der Waals surface area (Å²) < 4.78 is 28.5. The smallest absolute Gasteiger partial charge is 0.308 e. The number of nitrogens with one attached hydrogen (secondary N) is 1. The molecule has 3 rings (SSSR count). The normalized spacial score (nSPS) is 12.7. The Labute approximate surface area is 183 Å². The Bertz CT molecular complexity index is 1280. The Balaban J connectivity index is 1.93. The molecule has 7 nitrogen and oxygen atoms in total. The van der Waals surface area contributed by atoms with Crippen molar-refractivity contribution in [3.05, 3.63) is 56.7 Å². The van der Waals surface area contributed by atoms with Crippen molar-refractivity contribution in [3.63, 3.8) is 0 Å². The van der Waals surface area contributed by atoms with Crippen molar-refractivity contribution in [1.82, 2.24) is 4.57 Å². The first-order valence-electron chi connectivity index (χ1n) is 9.22. The molecular formula is C20H22ClN3O4S2. The summed E-state index contributed by atoms with van der Waals surface area (Å²) >= 11 is 7.16. The number of halogens is 1. The van der Waals surface area contributed by atoms with Crippen molar-refractivity contribution in [3.8, 4) is 0 Å². The highest BCUT2D eigenvalue weighted by molar-refractivity contribution is 7.92. The summed E-state index contributed by atoms with van der Waals surface area (Å²) in [5.74, 6) is -0.499. The zero-order valence-corrected chi connectivity index (χ0v) is 19.4. The van der Waals surface area contributed by atoms with E-state index in [1.165, 1.54) is 13.0 Å². The van der Waals surface area contributed by atoms with Crippen LogP contribution in [-0.2, 0) is 21.4 Å². The molecular weight excluding hydrogens is 446 g/mol. The number of sulfonamides is 1. The van der Waals surface area contributed by atoms with E-state index in [1.54, 1.807) is 41.8 Å². The number of thiazole rings is 1. The van der Waals surface area contributed by atoms with Crippen LogP contribution in [0.5, 0.6) is 0 Å².